The highest BCUT2D eigenvalue weighted by atomic mass is 19.2. The van der Waals surface area contributed by atoms with Gasteiger partial charge in [0.25, 0.3) is 0 Å². The van der Waals surface area contributed by atoms with E-state index in [0.29, 0.717) is 6.54 Å². The van der Waals surface area contributed by atoms with Crippen molar-refractivity contribution in [1.82, 2.24) is 14.9 Å². The molecular formula is C15H18F3N5. The highest BCUT2D eigenvalue weighted by Gasteiger charge is 2.26. The molecule has 0 amide bonds. The monoisotopic (exact) mass is 325 g/mol. The summed E-state index contributed by atoms with van der Waals surface area (Å²) < 4.78 is 43.3. The number of nitrogens with two attached hydrogens (primary N) is 1. The minimum Gasteiger partial charge on any atom is -0.383 e. The zero-order valence-electron chi connectivity index (χ0n) is 13.0. The van der Waals surface area contributed by atoms with Crippen molar-refractivity contribution in [3.63, 3.8) is 0 Å². The fraction of sp³-hybridized carbons (Fsp3) is 0.467. The van der Waals surface area contributed by atoms with Gasteiger partial charge in [-0.05, 0) is 33.4 Å². The molecule has 2 heterocycles. The Morgan fingerprint density at radius 3 is 2.61 bits per heavy atom. The van der Waals surface area contributed by atoms with Gasteiger partial charge in [0.2, 0.25) is 0 Å². The number of likely N-dealkylation sites (tertiary alicyclic amines) is 1. The number of hydrogen-bond donors (Lipinski definition) is 2. The van der Waals surface area contributed by atoms with Crippen LogP contribution in [0.15, 0.2) is 0 Å². The molecule has 0 aliphatic carbocycles. The van der Waals surface area contributed by atoms with E-state index in [9.17, 15) is 13.2 Å². The number of benzene rings is 1. The van der Waals surface area contributed by atoms with Crippen LogP contribution in [0.3, 0.4) is 0 Å². The summed E-state index contributed by atoms with van der Waals surface area (Å²) in [5.41, 5.74) is 4.80. The van der Waals surface area contributed by atoms with E-state index in [-0.39, 0.29) is 23.2 Å². The highest BCUT2D eigenvalue weighted by molar-refractivity contribution is 5.91. The topological polar surface area (TPSA) is 67.1 Å². The Labute approximate surface area is 131 Å². The standard InChI is InChI=1S/C15H18F3N5/c1-7-20-13-9(15(19)21-7)10(16)11(17)14(12(13)18)22-8-4-3-5-23(2)6-8/h8,22H,3-6H2,1-2H3,(H2,19,20,21). The summed E-state index contributed by atoms with van der Waals surface area (Å²) in [6.07, 6.45) is 1.66. The number of rotatable bonds is 2. The predicted molar refractivity (Wildman–Crippen MR) is 82.7 cm³/mol. The van der Waals surface area contributed by atoms with Crippen LogP contribution in [0.5, 0.6) is 0 Å². The van der Waals surface area contributed by atoms with Gasteiger partial charge in [0, 0.05) is 12.6 Å². The van der Waals surface area contributed by atoms with Crippen molar-refractivity contribution in [2.24, 2.45) is 0 Å². The largest absolute Gasteiger partial charge is 0.383 e. The van der Waals surface area contributed by atoms with Gasteiger partial charge in [-0.25, -0.2) is 23.1 Å². The zero-order chi connectivity index (χ0) is 16.7. The molecule has 1 aromatic carbocycles. The van der Waals surface area contributed by atoms with Crippen LogP contribution in [0.4, 0.5) is 24.7 Å². The molecule has 1 aromatic heterocycles. The smallest absolute Gasteiger partial charge is 0.185 e. The molecule has 124 valence electrons. The lowest BCUT2D eigenvalue weighted by Gasteiger charge is -2.31. The number of nitrogen functional groups attached to an aromatic ring is 1. The lowest BCUT2D eigenvalue weighted by molar-refractivity contribution is 0.260. The van der Waals surface area contributed by atoms with Gasteiger partial charge >= 0.3 is 0 Å². The molecule has 3 rings (SSSR count). The highest BCUT2D eigenvalue weighted by Crippen LogP contribution is 2.33. The van der Waals surface area contributed by atoms with Gasteiger partial charge in [0.1, 0.15) is 22.8 Å². The third kappa shape index (κ3) is 2.78. The number of piperidine rings is 1. The molecule has 2 aromatic rings. The molecule has 1 saturated heterocycles. The molecule has 1 unspecified atom stereocenters. The lowest BCUT2D eigenvalue weighted by atomic mass is 10.1. The average Bonchev–Trinajstić information content (AvgIpc) is 2.49. The van der Waals surface area contributed by atoms with Crippen LogP contribution >= 0.6 is 0 Å². The SMILES string of the molecule is Cc1nc(N)c2c(F)c(F)c(NC3CCCN(C)C3)c(F)c2n1. The fourth-order valence-corrected chi connectivity index (χ4v) is 3.02. The lowest BCUT2D eigenvalue weighted by Crippen LogP contribution is -2.40. The number of aryl methyl sites for hydroxylation is 1. The molecule has 1 atom stereocenters. The van der Waals surface area contributed by atoms with Crippen LogP contribution in [0.25, 0.3) is 10.9 Å². The minimum atomic E-state index is -1.29. The maximum Gasteiger partial charge on any atom is 0.185 e. The number of hydrogen-bond acceptors (Lipinski definition) is 5. The van der Waals surface area contributed by atoms with Gasteiger partial charge in [-0.1, -0.05) is 0 Å². The fourth-order valence-electron chi connectivity index (χ4n) is 3.02. The number of anilines is 2. The Morgan fingerprint density at radius 2 is 1.91 bits per heavy atom. The molecule has 8 heteroatoms. The summed E-state index contributed by atoms with van der Waals surface area (Å²) in [4.78, 5) is 9.70. The van der Waals surface area contributed by atoms with Gasteiger partial charge in [0.05, 0.1) is 5.39 Å². The third-order valence-electron chi connectivity index (χ3n) is 4.08. The van der Waals surface area contributed by atoms with E-state index in [1.54, 1.807) is 0 Å². The van der Waals surface area contributed by atoms with E-state index in [0.717, 1.165) is 19.4 Å². The van der Waals surface area contributed by atoms with Crippen LogP contribution in [0.2, 0.25) is 0 Å². The third-order valence-corrected chi connectivity index (χ3v) is 4.08. The molecule has 23 heavy (non-hydrogen) atoms. The molecule has 5 nitrogen and oxygen atoms in total. The molecule has 0 spiro atoms. The molecule has 0 bridgehead atoms. The van der Waals surface area contributed by atoms with Crippen molar-refractivity contribution in [2.75, 3.05) is 31.2 Å². The van der Waals surface area contributed by atoms with E-state index >= 15 is 0 Å². The van der Waals surface area contributed by atoms with Crippen LogP contribution in [0.1, 0.15) is 18.7 Å². The van der Waals surface area contributed by atoms with Crippen molar-refractivity contribution in [3.05, 3.63) is 23.3 Å². The number of fused-ring (bicyclic) bond motifs is 1. The first-order valence-corrected chi connectivity index (χ1v) is 7.43. The van der Waals surface area contributed by atoms with E-state index in [2.05, 4.69) is 20.2 Å². The second-order valence-corrected chi connectivity index (χ2v) is 5.94. The van der Waals surface area contributed by atoms with Gasteiger partial charge < -0.3 is 16.0 Å². The van der Waals surface area contributed by atoms with Gasteiger partial charge in [-0.3, -0.25) is 0 Å². The Balaban J connectivity index is 2.10. The van der Waals surface area contributed by atoms with Crippen molar-refractivity contribution in [2.45, 2.75) is 25.8 Å². The number of likely N-dealkylation sites (N-methyl/N-ethyl adjacent to an activating group) is 1. The van der Waals surface area contributed by atoms with E-state index in [4.69, 9.17) is 5.73 Å². The number of halogens is 3. The maximum absolute atomic E-state index is 14.7. The molecule has 1 aliphatic rings. The quantitative estimate of drug-likeness (QED) is 0.830. The van der Waals surface area contributed by atoms with Gasteiger partial charge in [0.15, 0.2) is 17.5 Å². The minimum absolute atomic E-state index is 0.158. The van der Waals surface area contributed by atoms with Gasteiger partial charge in [-0.2, -0.15) is 0 Å². The maximum atomic E-state index is 14.7. The van der Waals surface area contributed by atoms with E-state index in [1.165, 1.54) is 6.92 Å². The van der Waals surface area contributed by atoms with Crippen molar-refractivity contribution >= 4 is 22.4 Å². The molecule has 0 saturated carbocycles. The van der Waals surface area contributed by atoms with Crippen molar-refractivity contribution < 1.29 is 13.2 Å². The average molecular weight is 325 g/mol. The predicted octanol–water partition coefficient (Wildman–Crippen LogP) is 2.44. The van der Waals surface area contributed by atoms with Crippen LogP contribution in [0, 0.1) is 24.4 Å². The summed E-state index contributed by atoms with van der Waals surface area (Å²) in [6, 6.07) is -0.158. The summed E-state index contributed by atoms with van der Waals surface area (Å²) in [6.45, 7) is 3.07. The van der Waals surface area contributed by atoms with E-state index in [1.807, 2.05) is 7.05 Å². The number of aromatic nitrogens is 2. The van der Waals surface area contributed by atoms with Crippen molar-refractivity contribution in [3.8, 4) is 0 Å². The van der Waals surface area contributed by atoms with Crippen LogP contribution < -0.4 is 11.1 Å². The summed E-state index contributed by atoms with van der Waals surface area (Å²) >= 11 is 0. The second kappa shape index (κ2) is 5.84. The summed E-state index contributed by atoms with van der Waals surface area (Å²) in [5, 5.41) is 2.37. The Kier molecular flexibility index (Phi) is 4.01. The zero-order valence-corrected chi connectivity index (χ0v) is 13.0. The van der Waals surface area contributed by atoms with Crippen molar-refractivity contribution in [1.29, 1.82) is 0 Å². The Morgan fingerprint density at radius 1 is 1.17 bits per heavy atom. The summed E-state index contributed by atoms with van der Waals surface area (Å²) in [5.74, 6) is -3.53. The van der Waals surface area contributed by atoms with Gasteiger partial charge in [-0.15, -0.1) is 0 Å². The first-order valence-electron chi connectivity index (χ1n) is 7.43. The normalized spacial score (nSPS) is 19.3. The van der Waals surface area contributed by atoms with E-state index < -0.39 is 28.5 Å². The first-order chi connectivity index (χ1) is 10.9. The molecule has 1 aliphatic heterocycles. The van der Waals surface area contributed by atoms with Crippen LogP contribution in [-0.4, -0.2) is 41.0 Å². The molecule has 0 radical (unpaired) electrons. The summed E-state index contributed by atoms with van der Waals surface area (Å²) in [7, 11) is 1.93. The van der Waals surface area contributed by atoms with Crippen LogP contribution in [-0.2, 0) is 0 Å². The number of nitrogens with zero attached hydrogens (tertiary/aromatic N) is 3. The second-order valence-electron chi connectivity index (χ2n) is 5.94. The Bertz CT molecular complexity index is 765. The molecule has 3 N–H and O–H groups in total. The Hall–Kier alpha value is -2.09. The molecule has 1 fully saturated rings. The first kappa shape index (κ1) is 15.8. The molecular weight excluding hydrogens is 307 g/mol. The number of nitrogens with one attached hydrogen (secondary N) is 1.